The van der Waals surface area contributed by atoms with Crippen molar-refractivity contribution >= 4 is 0 Å². The molecule has 0 aliphatic carbocycles. The van der Waals surface area contributed by atoms with Crippen LogP contribution < -0.4 is 5.56 Å². The SMILES string of the molecule is Cc1cc(-c2nc(O)c(C)c(=O)[nH]2)cc(C)n1. The smallest absolute Gasteiger partial charge is 0.257 e. The largest absolute Gasteiger partial charge is 0.493 e. The van der Waals surface area contributed by atoms with E-state index < -0.39 is 0 Å². The number of nitrogens with zero attached hydrogens (tertiary/aromatic N) is 2. The van der Waals surface area contributed by atoms with Crippen molar-refractivity contribution in [2.45, 2.75) is 20.8 Å². The van der Waals surface area contributed by atoms with E-state index >= 15 is 0 Å². The van der Waals surface area contributed by atoms with Gasteiger partial charge in [-0.1, -0.05) is 0 Å². The number of H-pyrrole nitrogens is 1. The second-order valence-corrected chi connectivity index (χ2v) is 4.00. The molecule has 2 aromatic rings. The Morgan fingerprint density at radius 3 is 2.24 bits per heavy atom. The fraction of sp³-hybridized carbons (Fsp3) is 0.250. The van der Waals surface area contributed by atoms with Crippen LogP contribution in [-0.2, 0) is 0 Å². The van der Waals surface area contributed by atoms with Crippen LogP contribution >= 0.6 is 0 Å². The summed E-state index contributed by atoms with van der Waals surface area (Å²) in [7, 11) is 0. The number of hydrogen-bond donors (Lipinski definition) is 2. The first-order valence-electron chi connectivity index (χ1n) is 5.23. The van der Waals surface area contributed by atoms with Crippen LogP contribution in [0.15, 0.2) is 16.9 Å². The molecule has 5 nitrogen and oxygen atoms in total. The van der Waals surface area contributed by atoms with Gasteiger partial charge in [-0.3, -0.25) is 9.78 Å². The lowest BCUT2D eigenvalue weighted by molar-refractivity contribution is 0.447. The van der Waals surface area contributed by atoms with Gasteiger partial charge in [0.1, 0.15) is 5.82 Å². The molecule has 0 saturated carbocycles. The van der Waals surface area contributed by atoms with E-state index in [1.807, 2.05) is 13.8 Å². The summed E-state index contributed by atoms with van der Waals surface area (Å²) < 4.78 is 0. The van der Waals surface area contributed by atoms with Gasteiger partial charge in [0.15, 0.2) is 0 Å². The number of hydrogen-bond acceptors (Lipinski definition) is 4. The quantitative estimate of drug-likeness (QED) is 0.778. The van der Waals surface area contributed by atoms with Crippen molar-refractivity contribution in [3.63, 3.8) is 0 Å². The molecule has 0 spiro atoms. The van der Waals surface area contributed by atoms with Crippen LogP contribution in [-0.4, -0.2) is 20.1 Å². The van der Waals surface area contributed by atoms with Gasteiger partial charge in [0.25, 0.3) is 5.56 Å². The lowest BCUT2D eigenvalue weighted by Crippen LogP contribution is -2.12. The summed E-state index contributed by atoms with van der Waals surface area (Å²) in [4.78, 5) is 22.4. The molecule has 2 N–H and O–H groups in total. The number of aromatic hydroxyl groups is 1. The molecule has 2 rings (SSSR count). The van der Waals surface area contributed by atoms with Crippen molar-refractivity contribution in [1.82, 2.24) is 15.0 Å². The van der Waals surface area contributed by atoms with Gasteiger partial charge >= 0.3 is 0 Å². The van der Waals surface area contributed by atoms with Gasteiger partial charge in [0.2, 0.25) is 5.88 Å². The summed E-state index contributed by atoms with van der Waals surface area (Å²) >= 11 is 0. The average molecular weight is 231 g/mol. The minimum atomic E-state index is -0.334. The van der Waals surface area contributed by atoms with E-state index in [4.69, 9.17) is 0 Å². The minimum Gasteiger partial charge on any atom is -0.493 e. The summed E-state index contributed by atoms with van der Waals surface area (Å²) in [5.74, 6) is 0.113. The molecule has 0 aromatic carbocycles. The third-order valence-electron chi connectivity index (χ3n) is 2.48. The van der Waals surface area contributed by atoms with E-state index in [0.29, 0.717) is 5.82 Å². The number of aromatic amines is 1. The number of aryl methyl sites for hydroxylation is 2. The van der Waals surface area contributed by atoms with Gasteiger partial charge in [-0.25, -0.2) is 0 Å². The fourth-order valence-electron chi connectivity index (χ4n) is 1.63. The number of aromatic nitrogens is 3. The molecule has 0 saturated heterocycles. The maximum Gasteiger partial charge on any atom is 0.257 e. The highest BCUT2D eigenvalue weighted by atomic mass is 16.3. The van der Waals surface area contributed by atoms with E-state index in [2.05, 4.69) is 15.0 Å². The lowest BCUT2D eigenvalue weighted by Gasteiger charge is -2.05. The second kappa shape index (κ2) is 4.01. The van der Waals surface area contributed by atoms with Crippen molar-refractivity contribution < 1.29 is 5.11 Å². The molecule has 88 valence electrons. The normalized spacial score (nSPS) is 10.5. The number of nitrogens with one attached hydrogen (secondary N) is 1. The molecule has 0 aliphatic heterocycles. The first-order valence-corrected chi connectivity index (χ1v) is 5.23. The highest BCUT2D eigenvalue weighted by molar-refractivity contribution is 5.56. The summed E-state index contributed by atoms with van der Waals surface area (Å²) in [6, 6.07) is 3.61. The Morgan fingerprint density at radius 2 is 1.71 bits per heavy atom. The molecule has 0 fully saturated rings. The summed E-state index contributed by atoms with van der Waals surface area (Å²) in [5.41, 5.74) is 2.30. The first kappa shape index (κ1) is 11.3. The van der Waals surface area contributed by atoms with Crippen LogP contribution in [0.5, 0.6) is 5.88 Å². The molecule has 0 bridgehead atoms. The standard InChI is InChI=1S/C12H13N3O2/c1-6-4-9(5-7(2)13-6)10-14-11(16)8(3)12(17)15-10/h4-5H,1-3H3,(H2,14,15,16,17). The predicted octanol–water partition coefficient (Wildman–Crippen LogP) is 1.46. The Morgan fingerprint density at radius 1 is 1.12 bits per heavy atom. The zero-order chi connectivity index (χ0) is 12.6. The van der Waals surface area contributed by atoms with Gasteiger partial charge < -0.3 is 10.1 Å². The van der Waals surface area contributed by atoms with Gasteiger partial charge in [-0.2, -0.15) is 4.98 Å². The zero-order valence-electron chi connectivity index (χ0n) is 9.90. The predicted molar refractivity (Wildman–Crippen MR) is 64.0 cm³/mol. The van der Waals surface area contributed by atoms with Crippen LogP contribution in [0.2, 0.25) is 0 Å². The Bertz CT molecular complexity index is 612. The summed E-state index contributed by atoms with van der Waals surface area (Å²) in [6.45, 7) is 5.25. The minimum absolute atomic E-state index is 0.219. The third kappa shape index (κ3) is 2.18. The fourth-order valence-corrected chi connectivity index (χ4v) is 1.63. The highest BCUT2D eigenvalue weighted by Gasteiger charge is 2.08. The van der Waals surface area contributed by atoms with E-state index in [9.17, 15) is 9.90 Å². The monoisotopic (exact) mass is 231 g/mol. The summed E-state index contributed by atoms with van der Waals surface area (Å²) in [6.07, 6.45) is 0. The van der Waals surface area contributed by atoms with E-state index in [1.54, 1.807) is 12.1 Å². The summed E-state index contributed by atoms with van der Waals surface area (Å²) in [5, 5.41) is 9.53. The maximum atomic E-state index is 11.5. The molecule has 5 heteroatoms. The van der Waals surface area contributed by atoms with Crippen molar-refractivity contribution in [3.8, 4) is 17.3 Å². The second-order valence-electron chi connectivity index (χ2n) is 4.00. The molecule has 0 radical (unpaired) electrons. The molecule has 0 unspecified atom stereocenters. The number of rotatable bonds is 1. The van der Waals surface area contributed by atoms with Gasteiger partial charge in [-0.05, 0) is 32.9 Å². The molecule has 2 aromatic heterocycles. The highest BCUT2D eigenvalue weighted by Crippen LogP contribution is 2.18. The maximum absolute atomic E-state index is 11.5. The van der Waals surface area contributed by atoms with Gasteiger partial charge in [0.05, 0.1) is 5.56 Å². The van der Waals surface area contributed by atoms with Crippen LogP contribution in [0, 0.1) is 20.8 Å². The van der Waals surface area contributed by atoms with Crippen molar-refractivity contribution in [2.24, 2.45) is 0 Å². The topological polar surface area (TPSA) is 78.9 Å². The van der Waals surface area contributed by atoms with Crippen LogP contribution in [0.25, 0.3) is 11.4 Å². The third-order valence-corrected chi connectivity index (χ3v) is 2.48. The zero-order valence-corrected chi connectivity index (χ0v) is 9.90. The number of pyridine rings is 1. The Kier molecular flexibility index (Phi) is 2.67. The van der Waals surface area contributed by atoms with Crippen LogP contribution in [0.1, 0.15) is 17.0 Å². The van der Waals surface area contributed by atoms with Crippen LogP contribution in [0.3, 0.4) is 0 Å². The molecule has 0 aliphatic rings. The molecule has 0 atom stereocenters. The van der Waals surface area contributed by atoms with Crippen molar-refractivity contribution in [1.29, 1.82) is 0 Å². The van der Waals surface area contributed by atoms with Crippen molar-refractivity contribution in [2.75, 3.05) is 0 Å². The first-order chi connectivity index (χ1) is 7.97. The average Bonchev–Trinajstić information content (AvgIpc) is 2.23. The van der Waals surface area contributed by atoms with Crippen LogP contribution in [0.4, 0.5) is 0 Å². The van der Waals surface area contributed by atoms with E-state index in [0.717, 1.165) is 17.0 Å². The Balaban J connectivity index is 2.65. The molecule has 17 heavy (non-hydrogen) atoms. The van der Waals surface area contributed by atoms with E-state index in [-0.39, 0.29) is 17.0 Å². The molecule has 2 heterocycles. The molecule has 0 amide bonds. The Labute approximate surface area is 98.2 Å². The van der Waals surface area contributed by atoms with Crippen molar-refractivity contribution in [3.05, 3.63) is 39.4 Å². The van der Waals surface area contributed by atoms with Gasteiger partial charge in [0, 0.05) is 17.0 Å². The Hall–Kier alpha value is -2.17. The molecular weight excluding hydrogens is 218 g/mol. The van der Waals surface area contributed by atoms with E-state index in [1.165, 1.54) is 6.92 Å². The lowest BCUT2D eigenvalue weighted by atomic mass is 10.2. The van der Waals surface area contributed by atoms with Gasteiger partial charge in [-0.15, -0.1) is 0 Å². The molecular formula is C12H13N3O2.